The van der Waals surface area contributed by atoms with Gasteiger partial charge in [-0.25, -0.2) is 4.39 Å². The van der Waals surface area contributed by atoms with Crippen LogP contribution in [-0.4, -0.2) is 5.16 Å². The zero-order valence-electron chi connectivity index (χ0n) is 12.8. The summed E-state index contributed by atoms with van der Waals surface area (Å²) >= 11 is 0. The topological polar surface area (TPSA) is 52.0 Å². The lowest BCUT2D eigenvalue weighted by Crippen LogP contribution is -2.12. The van der Waals surface area contributed by atoms with Crippen LogP contribution in [0.15, 0.2) is 77.3 Å². The van der Waals surface area contributed by atoms with Crippen molar-refractivity contribution in [1.82, 2.24) is 5.16 Å². The Morgan fingerprint density at radius 3 is 2.50 bits per heavy atom. The standard InChI is InChI=1S/C20H15FN2O/c21-14-10-11-17-18(12-14)24-23-20(17)16-9-5-4-8-15(16)19(22)13-6-2-1-3-7-13/h1-12,19H,22H2. The van der Waals surface area contributed by atoms with Crippen molar-refractivity contribution in [3.8, 4) is 11.3 Å². The van der Waals surface area contributed by atoms with Crippen molar-refractivity contribution in [1.29, 1.82) is 0 Å². The summed E-state index contributed by atoms with van der Waals surface area (Å²) in [5, 5.41) is 4.91. The normalized spacial score (nSPS) is 12.4. The third-order valence-corrected chi connectivity index (χ3v) is 4.14. The highest BCUT2D eigenvalue weighted by Gasteiger charge is 2.18. The fourth-order valence-corrected chi connectivity index (χ4v) is 2.93. The minimum Gasteiger partial charge on any atom is -0.356 e. The van der Waals surface area contributed by atoms with Gasteiger partial charge in [0.05, 0.1) is 6.04 Å². The minimum atomic E-state index is -0.348. The lowest BCUT2D eigenvalue weighted by Gasteiger charge is -2.16. The van der Waals surface area contributed by atoms with Crippen LogP contribution < -0.4 is 5.73 Å². The molecule has 0 spiro atoms. The molecule has 24 heavy (non-hydrogen) atoms. The van der Waals surface area contributed by atoms with E-state index in [1.165, 1.54) is 12.1 Å². The molecule has 0 radical (unpaired) electrons. The summed E-state index contributed by atoms with van der Waals surface area (Å²) in [5.41, 5.74) is 10.4. The molecule has 1 heterocycles. The maximum Gasteiger partial charge on any atom is 0.170 e. The molecule has 4 heteroatoms. The van der Waals surface area contributed by atoms with Gasteiger partial charge in [0, 0.05) is 17.0 Å². The number of hydrogen-bond donors (Lipinski definition) is 1. The highest BCUT2D eigenvalue weighted by Crippen LogP contribution is 2.34. The van der Waals surface area contributed by atoms with Gasteiger partial charge in [-0.2, -0.15) is 0 Å². The molecule has 0 aliphatic rings. The molecule has 0 amide bonds. The first-order chi connectivity index (χ1) is 11.7. The van der Waals surface area contributed by atoms with Crippen LogP contribution in [-0.2, 0) is 0 Å². The van der Waals surface area contributed by atoms with E-state index in [9.17, 15) is 4.39 Å². The van der Waals surface area contributed by atoms with Gasteiger partial charge in [0.2, 0.25) is 0 Å². The Balaban J connectivity index is 1.87. The predicted molar refractivity (Wildman–Crippen MR) is 91.9 cm³/mol. The molecule has 0 aliphatic heterocycles. The Labute approximate surface area is 138 Å². The van der Waals surface area contributed by atoms with Gasteiger partial charge in [-0.15, -0.1) is 0 Å². The number of halogens is 1. The van der Waals surface area contributed by atoms with Gasteiger partial charge >= 0.3 is 0 Å². The van der Waals surface area contributed by atoms with Crippen molar-refractivity contribution in [2.24, 2.45) is 5.73 Å². The Bertz CT molecular complexity index is 995. The molecule has 3 nitrogen and oxygen atoms in total. The first kappa shape index (κ1) is 14.6. The quantitative estimate of drug-likeness (QED) is 0.596. The summed E-state index contributed by atoms with van der Waals surface area (Å²) < 4.78 is 18.7. The van der Waals surface area contributed by atoms with Crippen molar-refractivity contribution < 1.29 is 8.91 Å². The molecule has 1 aromatic heterocycles. The monoisotopic (exact) mass is 318 g/mol. The SMILES string of the molecule is NC(c1ccccc1)c1ccccc1-c1noc2cc(F)ccc12. The molecular formula is C20H15FN2O. The van der Waals surface area contributed by atoms with E-state index in [1.807, 2.05) is 54.6 Å². The number of hydrogen-bond acceptors (Lipinski definition) is 3. The van der Waals surface area contributed by atoms with Crippen LogP contribution >= 0.6 is 0 Å². The highest BCUT2D eigenvalue weighted by molar-refractivity contribution is 5.92. The minimum absolute atomic E-state index is 0.283. The molecule has 1 atom stereocenters. The fourth-order valence-electron chi connectivity index (χ4n) is 2.93. The predicted octanol–water partition coefficient (Wildman–Crippen LogP) is 4.68. The Morgan fingerprint density at radius 2 is 1.67 bits per heavy atom. The average molecular weight is 318 g/mol. The summed E-state index contributed by atoms with van der Waals surface area (Å²) in [6, 6.07) is 21.8. The largest absolute Gasteiger partial charge is 0.356 e. The summed E-state index contributed by atoms with van der Waals surface area (Å²) in [5.74, 6) is -0.348. The zero-order valence-corrected chi connectivity index (χ0v) is 12.8. The summed E-state index contributed by atoms with van der Waals surface area (Å²) in [7, 11) is 0. The molecule has 0 aliphatic carbocycles. The number of benzene rings is 3. The third kappa shape index (κ3) is 2.47. The van der Waals surface area contributed by atoms with Gasteiger partial charge in [-0.1, -0.05) is 59.8 Å². The van der Waals surface area contributed by atoms with Crippen LogP contribution in [0.1, 0.15) is 17.2 Å². The summed E-state index contributed by atoms with van der Waals surface area (Å²) in [6.45, 7) is 0. The second-order valence-corrected chi connectivity index (χ2v) is 5.65. The Kier molecular flexibility index (Phi) is 3.59. The molecule has 0 saturated heterocycles. The number of nitrogens with two attached hydrogens (primary N) is 1. The zero-order chi connectivity index (χ0) is 16.5. The maximum atomic E-state index is 13.4. The van der Waals surface area contributed by atoms with Crippen molar-refractivity contribution in [2.45, 2.75) is 6.04 Å². The molecule has 0 bridgehead atoms. The lowest BCUT2D eigenvalue weighted by molar-refractivity contribution is 0.457. The first-order valence-electron chi connectivity index (χ1n) is 7.69. The molecule has 3 aromatic carbocycles. The number of rotatable bonds is 3. The summed E-state index contributed by atoms with van der Waals surface area (Å²) in [4.78, 5) is 0. The van der Waals surface area contributed by atoms with Crippen LogP contribution in [0.5, 0.6) is 0 Å². The Hall–Kier alpha value is -2.98. The van der Waals surface area contributed by atoms with Gasteiger partial charge in [0.15, 0.2) is 5.58 Å². The molecule has 118 valence electrons. The molecule has 0 saturated carbocycles. The van der Waals surface area contributed by atoms with E-state index in [1.54, 1.807) is 6.07 Å². The molecule has 2 N–H and O–H groups in total. The van der Waals surface area contributed by atoms with E-state index in [4.69, 9.17) is 10.3 Å². The molecule has 4 aromatic rings. The molecule has 0 fully saturated rings. The molecular weight excluding hydrogens is 303 g/mol. The van der Waals surface area contributed by atoms with E-state index in [0.717, 1.165) is 22.1 Å². The maximum absolute atomic E-state index is 13.4. The van der Waals surface area contributed by atoms with Crippen molar-refractivity contribution in [2.75, 3.05) is 0 Å². The van der Waals surface area contributed by atoms with Crippen molar-refractivity contribution >= 4 is 11.0 Å². The molecule has 4 rings (SSSR count). The van der Waals surface area contributed by atoms with Crippen LogP contribution in [0.4, 0.5) is 4.39 Å². The second-order valence-electron chi connectivity index (χ2n) is 5.65. The van der Waals surface area contributed by atoms with E-state index in [0.29, 0.717) is 11.3 Å². The average Bonchev–Trinajstić information content (AvgIpc) is 3.04. The lowest BCUT2D eigenvalue weighted by atomic mass is 9.93. The van der Waals surface area contributed by atoms with Gasteiger partial charge in [-0.05, 0) is 23.3 Å². The van der Waals surface area contributed by atoms with Gasteiger partial charge in [0.25, 0.3) is 0 Å². The van der Waals surface area contributed by atoms with Crippen LogP contribution in [0.25, 0.3) is 22.2 Å². The van der Waals surface area contributed by atoms with Crippen LogP contribution in [0.3, 0.4) is 0 Å². The van der Waals surface area contributed by atoms with Crippen molar-refractivity contribution in [3.05, 3.63) is 89.7 Å². The van der Waals surface area contributed by atoms with E-state index in [2.05, 4.69) is 5.16 Å². The van der Waals surface area contributed by atoms with E-state index < -0.39 is 0 Å². The van der Waals surface area contributed by atoms with Gasteiger partial charge in [0.1, 0.15) is 11.5 Å². The summed E-state index contributed by atoms with van der Waals surface area (Å²) in [6.07, 6.45) is 0. The molecule has 1 unspecified atom stereocenters. The Morgan fingerprint density at radius 1 is 0.917 bits per heavy atom. The highest BCUT2D eigenvalue weighted by atomic mass is 19.1. The number of fused-ring (bicyclic) bond motifs is 1. The fraction of sp³-hybridized carbons (Fsp3) is 0.0500. The van der Waals surface area contributed by atoms with Crippen LogP contribution in [0, 0.1) is 5.82 Å². The smallest absolute Gasteiger partial charge is 0.170 e. The third-order valence-electron chi connectivity index (χ3n) is 4.14. The van der Waals surface area contributed by atoms with E-state index in [-0.39, 0.29) is 11.9 Å². The van der Waals surface area contributed by atoms with E-state index >= 15 is 0 Å². The van der Waals surface area contributed by atoms with Gasteiger partial charge < -0.3 is 10.3 Å². The van der Waals surface area contributed by atoms with Gasteiger partial charge in [-0.3, -0.25) is 0 Å². The second kappa shape index (κ2) is 5.91. The number of aromatic nitrogens is 1. The van der Waals surface area contributed by atoms with Crippen molar-refractivity contribution in [3.63, 3.8) is 0 Å². The number of nitrogens with zero attached hydrogens (tertiary/aromatic N) is 1. The first-order valence-corrected chi connectivity index (χ1v) is 7.69. The van der Waals surface area contributed by atoms with Crippen LogP contribution in [0.2, 0.25) is 0 Å².